The predicted octanol–water partition coefficient (Wildman–Crippen LogP) is 4.87. The molecule has 1 aliphatic carbocycles. The molecule has 8 heteroatoms. The van der Waals surface area contributed by atoms with Crippen molar-refractivity contribution in [3.05, 3.63) is 41.9 Å². The smallest absolute Gasteiger partial charge is 0.139 e. The fourth-order valence-electron chi connectivity index (χ4n) is 3.05. The third-order valence-corrected chi connectivity index (χ3v) is 6.70. The van der Waals surface area contributed by atoms with Crippen LogP contribution in [0.5, 0.6) is 5.75 Å². The van der Waals surface area contributed by atoms with E-state index < -0.39 is 13.7 Å². The van der Waals surface area contributed by atoms with E-state index in [9.17, 15) is 4.39 Å². The maximum absolute atomic E-state index is 14.9. The maximum atomic E-state index is 14.9. The maximum Gasteiger partial charge on any atom is 0.139 e. The Balaban J connectivity index is 1.55. The van der Waals surface area contributed by atoms with Crippen LogP contribution in [0.15, 0.2) is 35.2 Å². The van der Waals surface area contributed by atoms with E-state index in [0.717, 1.165) is 23.6 Å². The first kappa shape index (κ1) is 19.1. The monoisotopic (exact) mass is 403 g/mol. The topological polar surface area (TPSA) is 62.3 Å². The lowest BCUT2D eigenvalue weighted by atomic mass is 10.1. The lowest BCUT2D eigenvalue weighted by Crippen LogP contribution is -2.22. The van der Waals surface area contributed by atoms with E-state index in [4.69, 9.17) is 14.0 Å². The van der Waals surface area contributed by atoms with Crippen LogP contribution in [-0.2, 0) is 23.7 Å². The number of halogens is 1. The van der Waals surface area contributed by atoms with Crippen molar-refractivity contribution in [1.29, 1.82) is 0 Å². The quantitative estimate of drug-likeness (QED) is 0.377. The Hall–Kier alpha value is -2.19. The zero-order valence-corrected chi connectivity index (χ0v) is 17.6. The molecule has 1 saturated carbocycles. The Kier molecular flexibility index (Phi) is 5.01. The van der Waals surface area contributed by atoms with Gasteiger partial charge in [-0.2, -0.15) is 5.10 Å². The van der Waals surface area contributed by atoms with Gasteiger partial charge in [0.1, 0.15) is 36.7 Å². The van der Waals surface area contributed by atoms with Crippen LogP contribution in [0.4, 0.5) is 4.39 Å². The first-order valence-corrected chi connectivity index (χ1v) is 13.3. The van der Waals surface area contributed by atoms with Gasteiger partial charge in [0, 0.05) is 37.8 Å². The third kappa shape index (κ3) is 4.28. The third-order valence-electron chi connectivity index (χ3n) is 4.99. The average molecular weight is 404 g/mol. The molecule has 150 valence electrons. The molecule has 3 aromatic rings. The number of nitrogens with zero attached hydrogens (tertiary/aromatic N) is 3. The zero-order chi connectivity index (χ0) is 19.8. The van der Waals surface area contributed by atoms with Crippen molar-refractivity contribution in [3.63, 3.8) is 0 Å². The second kappa shape index (κ2) is 7.33. The Morgan fingerprint density at radius 3 is 2.79 bits per heavy atom. The summed E-state index contributed by atoms with van der Waals surface area (Å²) in [6.07, 6.45) is 4.29. The normalized spacial score (nSPS) is 15.9. The number of aromatic nitrogens is 3. The van der Waals surface area contributed by atoms with Crippen LogP contribution in [0.2, 0.25) is 25.7 Å². The molecule has 1 fully saturated rings. The number of benzene rings is 1. The lowest BCUT2D eigenvalue weighted by Gasteiger charge is -2.16. The average Bonchev–Trinajstić information content (AvgIpc) is 3.06. The lowest BCUT2D eigenvalue weighted by molar-refractivity contribution is 0.0816. The van der Waals surface area contributed by atoms with Gasteiger partial charge >= 0.3 is 0 Å². The molecule has 0 bridgehead atoms. The van der Waals surface area contributed by atoms with E-state index in [1.165, 1.54) is 6.26 Å². The molecule has 2 heterocycles. The molecular formula is C20H26FN3O3Si. The van der Waals surface area contributed by atoms with Crippen molar-refractivity contribution in [2.24, 2.45) is 0 Å². The highest BCUT2D eigenvalue weighted by molar-refractivity contribution is 6.76. The molecule has 0 aliphatic heterocycles. The summed E-state index contributed by atoms with van der Waals surface area (Å²) in [5.74, 6) is 0.527. The standard InChI is InChI=1S/C20H26FN3O3Si/c1-28(2,3)9-8-25-14-24-18-11-19(26-13-16-4-7-27-23-16)17(20(21)5-6-20)10-15(18)12-22-24/h4,7,10-12H,5-6,8-9,13-14H2,1-3H3. The minimum Gasteiger partial charge on any atom is -0.487 e. The van der Waals surface area contributed by atoms with Gasteiger partial charge in [-0.15, -0.1) is 0 Å². The van der Waals surface area contributed by atoms with Crippen LogP contribution >= 0.6 is 0 Å². The van der Waals surface area contributed by atoms with E-state index >= 15 is 0 Å². The minimum atomic E-state index is -1.30. The molecule has 0 spiro atoms. The Labute approximate surface area is 164 Å². The highest BCUT2D eigenvalue weighted by Crippen LogP contribution is 2.53. The Morgan fingerprint density at radius 2 is 2.11 bits per heavy atom. The predicted molar refractivity (Wildman–Crippen MR) is 107 cm³/mol. The molecule has 6 nitrogen and oxygen atoms in total. The van der Waals surface area contributed by atoms with Crippen LogP contribution in [0.1, 0.15) is 24.1 Å². The molecule has 1 aliphatic rings. The molecule has 0 N–H and O–H groups in total. The fraction of sp³-hybridized carbons (Fsp3) is 0.500. The van der Waals surface area contributed by atoms with Gasteiger partial charge in [-0.05, 0) is 25.0 Å². The molecule has 28 heavy (non-hydrogen) atoms. The van der Waals surface area contributed by atoms with Crippen LogP contribution in [-0.4, -0.2) is 29.6 Å². The van der Waals surface area contributed by atoms with Gasteiger partial charge in [-0.1, -0.05) is 24.8 Å². The second-order valence-corrected chi connectivity index (χ2v) is 14.3. The van der Waals surface area contributed by atoms with Gasteiger partial charge in [-0.3, -0.25) is 0 Å². The summed E-state index contributed by atoms with van der Waals surface area (Å²) in [6.45, 7) is 8.29. The molecule has 0 atom stereocenters. The highest BCUT2D eigenvalue weighted by Gasteiger charge is 2.47. The van der Waals surface area contributed by atoms with E-state index in [0.29, 0.717) is 36.6 Å². The van der Waals surface area contributed by atoms with Gasteiger partial charge in [0.15, 0.2) is 0 Å². The van der Waals surface area contributed by atoms with E-state index in [1.807, 2.05) is 12.1 Å². The second-order valence-electron chi connectivity index (χ2n) is 8.64. The van der Waals surface area contributed by atoms with Crippen molar-refractivity contribution >= 4 is 19.0 Å². The van der Waals surface area contributed by atoms with E-state index in [2.05, 4.69) is 29.9 Å². The Morgan fingerprint density at radius 1 is 1.29 bits per heavy atom. The number of hydrogen-bond acceptors (Lipinski definition) is 5. The molecule has 0 unspecified atom stereocenters. The summed E-state index contributed by atoms with van der Waals surface area (Å²) in [7, 11) is -1.13. The molecule has 2 aromatic heterocycles. The number of rotatable bonds is 9. The van der Waals surface area contributed by atoms with E-state index in [-0.39, 0.29) is 6.61 Å². The molecule has 1 aromatic carbocycles. The van der Waals surface area contributed by atoms with Gasteiger partial charge in [0.05, 0.1) is 11.7 Å². The number of hydrogen-bond donors (Lipinski definition) is 0. The first-order chi connectivity index (χ1) is 13.3. The SMILES string of the molecule is C[Si](C)(C)CCOCn1ncc2cc(C3(F)CC3)c(OCc3ccon3)cc21. The molecule has 0 amide bonds. The van der Waals surface area contributed by atoms with Gasteiger partial charge < -0.3 is 14.0 Å². The van der Waals surface area contributed by atoms with Crippen LogP contribution < -0.4 is 4.74 Å². The summed E-state index contributed by atoms with van der Waals surface area (Å²) in [6, 6.07) is 6.55. The molecular weight excluding hydrogens is 377 g/mol. The molecule has 0 saturated heterocycles. The van der Waals surface area contributed by atoms with Crippen LogP contribution in [0.3, 0.4) is 0 Å². The molecule has 0 radical (unpaired) electrons. The summed E-state index contributed by atoms with van der Waals surface area (Å²) in [5.41, 5.74) is 0.820. The highest BCUT2D eigenvalue weighted by atomic mass is 28.3. The minimum absolute atomic E-state index is 0.228. The van der Waals surface area contributed by atoms with Gasteiger partial charge in [-0.25, -0.2) is 9.07 Å². The summed E-state index contributed by atoms with van der Waals surface area (Å²) >= 11 is 0. The van der Waals surface area contributed by atoms with Crippen LogP contribution in [0.25, 0.3) is 10.9 Å². The van der Waals surface area contributed by atoms with Crippen LogP contribution in [0, 0.1) is 0 Å². The van der Waals surface area contributed by atoms with Crippen molar-refractivity contribution < 1.29 is 18.4 Å². The van der Waals surface area contributed by atoms with E-state index in [1.54, 1.807) is 16.9 Å². The number of alkyl halides is 1. The number of fused-ring (bicyclic) bond motifs is 1. The number of ether oxygens (including phenoxy) is 2. The Bertz CT molecular complexity index is 946. The van der Waals surface area contributed by atoms with Gasteiger partial charge in [0.25, 0.3) is 0 Å². The summed E-state index contributed by atoms with van der Waals surface area (Å²) in [4.78, 5) is 0. The molecule has 4 rings (SSSR count). The van der Waals surface area contributed by atoms with Crippen molar-refractivity contribution in [2.75, 3.05) is 6.61 Å². The van der Waals surface area contributed by atoms with Gasteiger partial charge in [0.2, 0.25) is 0 Å². The summed E-state index contributed by atoms with van der Waals surface area (Å²) < 4.78 is 33.3. The fourth-order valence-corrected chi connectivity index (χ4v) is 3.81. The summed E-state index contributed by atoms with van der Waals surface area (Å²) in [5, 5.41) is 9.16. The zero-order valence-electron chi connectivity index (χ0n) is 16.6. The first-order valence-electron chi connectivity index (χ1n) is 9.63. The van der Waals surface area contributed by atoms with Crippen molar-refractivity contribution in [2.45, 2.75) is 57.5 Å². The largest absolute Gasteiger partial charge is 0.487 e. The van der Waals surface area contributed by atoms with Crippen molar-refractivity contribution in [1.82, 2.24) is 14.9 Å². The van der Waals surface area contributed by atoms with Crippen molar-refractivity contribution in [3.8, 4) is 5.75 Å².